The molecule has 3 rings (SSSR count). The van der Waals surface area contributed by atoms with Crippen LogP contribution >= 0.6 is 23.8 Å². The Morgan fingerprint density at radius 3 is 2.48 bits per heavy atom. The van der Waals surface area contributed by atoms with Crippen LogP contribution in [0, 0.1) is 0 Å². The molecular formula is C22H24ClF3N2O2S. The Kier molecular flexibility index (Phi) is 7.54. The Bertz CT molecular complexity index is 933. The van der Waals surface area contributed by atoms with Crippen molar-refractivity contribution < 1.29 is 22.6 Å². The number of hydrogen-bond donors (Lipinski definition) is 1. The second kappa shape index (κ2) is 9.96. The zero-order valence-electron chi connectivity index (χ0n) is 17.3. The van der Waals surface area contributed by atoms with E-state index in [9.17, 15) is 13.2 Å². The molecule has 1 N–H and O–H groups in total. The van der Waals surface area contributed by atoms with Crippen molar-refractivity contribution in [2.45, 2.75) is 44.4 Å². The molecular weight excluding hydrogens is 449 g/mol. The minimum Gasteiger partial charge on any atom is -0.493 e. The van der Waals surface area contributed by atoms with Crippen molar-refractivity contribution in [3.63, 3.8) is 0 Å². The van der Waals surface area contributed by atoms with Gasteiger partial charge in [-0.05, 0) is 49.3 Å². The average molecular weight is 473 g/mol. The van der Waals surface area contributed by atoms with Gasteiger partial charge >= 0.3 is 6.18 Å². The van der Waals surface area contributed by atoms with Gasteiger partial charge in [0.1, 0.15) is 0 Å². The molecule has 168 valence electrons. The molecule has 0 spiro atoms. The van der Waals surface area contributed by atoms with Gasteiger partial charge in [0.25, 0.3) is 0 Å². The minimum absolute atomic E-state index is 0.127. The number of benzene rings is 2. The van der Waals surface area contributed by atoms with Gasteiger partial charge in [0, 0.05) is 18.2 Å². The maximum atomic E-state index is 13.1. The third-order valence-corrected chi connectivity index (χ3v) is 6.05. The Balaban J connectivity index is 1.89. The molecule has 0 saturated heterocycles. The average Bonchev–Trinajstić information content (AvgIpc) is 3.26. The van der Waals surface area contributed by atoms with E-state index in [1.54, 1.807) is 20.3 Å². The number of nitrogens with one attached hydrogen (secondary N) is 1. The Hall–Kier alpha value is -2.19. The first-order chi connectivity index (χ1) is 14.7. The highest BCUT2D eigenvalue weighted by atomic mass is 35.5. The number of rotatable bonds is 6. The van der Waals surface area contributed by atoms with Crippen LogP contribution in [0.25, 0.3) is 0 Å². The number of para-hydroxylation sites is 1. The molecule has 0 unspecified atom stereocenters. The summed E-state index contributed by atoms with van der Waals surface area (Å²) >= 11 is 11.8. The molecule has 31 heavy (non-hydrogen) atoms. The Morgan fingerprint density at radius 2 is 1.87 bits per heavy atom. The van der Waals surface area contributed by atoms with E-state index in [2.05, 4.69) is 5.32 Å². The second-order valence-corrected chi connectivity index (χ2v) is 8.14. The topological polar surface area (TPSA) is 33.7 Å². The summed E-state index contributed by atoms with van der Waals surface area (Å²) in [5.41, 5.74) is 0.208. The fourth-order valence-electron chi connectivity index (χ4n) is 3.83. The highest BCUT2D eigenvalue weighted by Gasteiger charge is 2.32. The quantitative estimate of drug-likeness (QED) is 0.484. The molecule has 0 heterocycles. The molecule has 1 saturated carbocycles. The standard InChI is InChI=1S/C22H24ClF3N2O2S/c1-29-19-9-5-6-14(20(19)30-2)13-28(16-7-3-4-8-16)21(31)27-18-12-15(22(24,25)26)10-11-17(18)23/h5-6,9-12,16H,3-4,7-8,13H2,1-2H3,(H,27,31). The molecule has 0 amide bonds. The van der Waals surface area contributed by atoms with Gasteiger partial charge in [-0.3, -0.25) is 0 Å². The third-order valence-electron chi connectivity index (χ3n) is 5.39. The smallest absolute Gasteiger partial charge is 0.416 e. The summed E-state index contributed by atoms with van der Waals surface area (Å²) in [4.78, 5) is 2.00. The largest absolute Gasteiger partial charge is 0.493 e. The molecule has 0 bridgehead atoms. The fourth-order valence-corrected chi connectivity index (χ4v) is 4.32. The van der Waals surface area contributed by atoms with Crippen LogP contribution in [0.2, 0.25) is 5.02 Å². The lowest BCUT2D eigenvalue weighted by Crippen LogP contribution is -2.41. The van der Waals surface area contributed by atoms with Crippen molar-refractivity contribution in [1.82, 2.24) is 4.90 Å². The maximum Gasteiger partial charge on any atom is 0.416 e. The monoisotopic (exact) mass is 472 g/mol. The minimum atomic E-state index is -4.47. The maximum absolute atomic E-state index is 13.1. The summed E-state index contributed by atoms with van der Waals surface area (Å²) in [7, 11) is 3.14. The molecule has 0 aromatic heterocycles. The van der Waals surface area contributed by atoms with Gasteiger partial charge in [-0.15, -0.1) is 0 Å². The van der Waals surface area contributed by atoms with E-state index in [4.69, 9.17) is 33.3 Å². The van der Waals surface area contributed by atoms with E-state index in [-0.39, 0.29) is 16.8 Å². The molecule has 2 aromatic carbocycles. The molecule has 1 aliphatic rings. The second-order valence-electron chi connectivity index (χ2n) is 7.34. The van der Waals surface area contributed by atoms with Crippen molar-refractivity contribution in [2.24, 2.45) is 0 Å². The first-order valence-electron chi connectivity index (χ1n) is 9.88. The third kappa shape index (κ3) is 5.54. The van der Waals surface area contributed by atoms with Gasteiger partial charge in [-0.25, -0.2) is 0 Å². The number of methoxy groups -OCH3 is 2. The van der Waals surface area contributed by atoms with Crippen LogP contribution < -0.4 is 14.8 Å². The van der Waals surface area contributed by atoms with Crippen LogP contribution in [-0.2, 0) is 12.7 Å². The predicted molar refractivity (Wildman–Crippen MR) is 120 cm³/mol. The first kappa shape index (κ1) is 23.5. The van der Waals surface area contributed by atoms with Gasteiger partial charge in [0.15, 0.2) is 16.6 Å². The van der Waals surface area contributed by atoms with Gasteiger partial charge in [-0.2, -0.15) is 13.2 Å². The molecule has 0 radical (unpaired) electrons. The molecule has 0 atom stereocenters. The molecule has 0 aliphatic heterocycles. The summed E-state index contributed by atoms with van der Waals surface area (Å²) in [6.07, 6.45) is -0.427. The zero-order valence-corrected chi connectivity index (χ0v) is 18.8. The van der Waals surface area contributed by atoms with E-state index in [1.807, 2.05) is 17.0 Å². The van der Waals surface area contributed by atoms with Crippen molar-refractivity contribution in [3.8, 4) is 11.5 Å². The number of nitrogens with zero attached hydrogens (tertiary/aromatic N) is 1. The van der Waals surface area contributed by atoms with Crippen molar-refractivity contribution >= 4 is 34.6 Å². The van der Waals surface area contributed by atoms with Crippen LogP contribution in [0.3, 0.4) is 0 Å². The lowest BCUT2D eigenvalue weighted by molar-refractivity contribution is -0.137. The summed E-state index contributed by atoms with van der Waals surface area (Å²) < 4.78 is 50.4. The summed E-state index contributed by atoms with van der Waals surface area (Å²) in [6, 6.07) is 8.91. The number of halogens is 4. The highest BCUT2D eigenvalue weighted by Crippen LogP contribution is 2.36. The van der Waals surface area contributed by atoms with E-state index >= 15 is 0 Å². The van der Waals surface area contributed by atoms with Crippen LogP contribution in [0.4, 0.5) is 18.9 Å². The van der Waals surface area contributed by atoms with Gasteiger partial charge in [0.2, 0.25) is 0 Å². The summed E-state index contributed by atoms with van der Waals surface area (Å²) in [5, 5.41) is 3.42. The number of ether oxygens (including phenoxy) is 2. The summed E-state index contributed by atoms with van der Waals surface area (Å²) in [5.74, 6) is 1.21. The van der Waals surface area contributed by atoms with E-state index in [1.165, 1.54) is 6.07 Å². The SMILES string of the molecule is COc1cccc(CN(C(=S)Nc2cc(C(F)(F)F)ccc2Cl)C2CCCC2)c1OC. The summed E-state index contributed by atoms with van der Waals surface area (Å²) in [6.45, 7) is 0.424. The fraction of sp³-hybridized carbons (Fsp3) is 0.409. The molecule has 2 aromatic rings. The van der Waals surface area contributed by atoms with Crippen molar-refractivity contribution in [2.75, 3.05) is 19.5 Å². The number of anilines is 1. The van der Waals surface area contributed by atoms with Crippen LogP contribution in [0.15, 0.2) is 36.4 Å². The van der Waals surface area contributed by atoms with Gasteiger partial charge < -0.3 is 19.7 Å². The van der Waals surface area contributed by atoms with Crippen LogP contribution in [0.1, 0.15) is 36.8 Å². The predicted octanol–water partition coefficient (Wildman–Crippen LogP) is 6.52. The van der Waals surface area contributed by atoms with Crippen molar-refractivity contribution in [1.29, 1.82) is 0 Å². The van der Waals surface area contributed by atoms with E-state index in [0.29, 0.717) is 23.2 Å². The highest BCUT2D eigenvalue weighted by molar-refractivity contribution is 7.80. The van der Waals surface area contributed by atoms with Crippen LogP contribution in [0.5, 0.6) is 11.5 Å². The zero-order chi connectivity index (χ0) is 22.6. The molecule has 1 fully saturated rings. The molecule has 1 aliphatic carbocycles. The van der Waals surface area contributed by atoms with E-state index in [0.717, 1.165) is 43.4 Å². The van der Waals surface area contributed by atoms with E-state index < -0.39 is 11.7 Å². The lowest BCUT2D eigenvalue weighted by Gasteiger charge is -2.32. The molecule has 4 nitrogen and oxygen atoms in total. The Morgan fingerprint density at radius 1 is 1.16 bits per heavy atom. The van der Waals surface area contributed by atoms with Gasteiger partial charge in [-0.1, -0.05) is 36.6 Å². The number of thiocarbonyl (C=S) groups is 1. The number of alkyl halides is 3. The van der Waals surface area contributed by atoms with Crippen LogP contribution in [-0.4, -0.2) is 30.3 Å². The molecule has 9 heteroatoms. The van der Waals surface area contributed by atoms with Crippen molar-refractivity contribution in [3.05, 3.63) is 52.5 Å². The lowest BCUT2D eigenvalue weighted by atomic mass is 10.1. The van der Waals surface area contributed by atoms with Gasteiger partial charge in [0.05, 0.1) is 30.5 Å². The number of hydrogen-bond acceptors (Lipinski definition) is 3. The Labute approximate surface area is 190 Å². The normalized spacial score (nSPS) is 14.4. The first-order valence-corrected chi connectivity index (χ1v) is 10.7.